The van der Waals surface area contributed by atoms with Crippen molar-refractivity contribution in [2.75, 3.05) is 5.32 Å². The monoisotopic (exact) mass is 341 g/mol. The van der Waals surface area contributed by atoms with E-state index in [1.165, 1.54) is 12.1 Å². The molecule has 0 heterocycles. The number of carbonyl (C=O) groups is 1. The molecule has 0 aromatic heterocycles. The normalized spacial score (nSPS) is 10.3. The summed E-state index contributed by atoms with van der Waals surface area (Å²) < 4.78 is 14.2. The first-order valence-electron chi connectivity index (χ1n) is 5.50. The summed E-state index contributed by atoms with van der Waals surface area (Å²) in [5.74, 6) is -0.947. The number of benzene rings is 2. The first kappa shape index (κ1) is 14.0. The lowest BCUT2D eigenvalue weighted by molar-refractivity contribution is 0.102. The molecular formula is C14H10BrClFNO. The van der Waals surface area contributed by atoms with Crippen molar-refractivity contribution in [2.45, 2.75) is 6.92 Å². The zero-order valence-corrected chi connectivity index (χ0v) is 12.3. The van der Waals surface area contributed by atoms with Crippen LogP contribution in [0.4, 0.5) is 10.1 Å². The van der Waals surface area contributed by atoms with Gasteiger partial charge in [-0.25, -0.2) is 4.39 Å². The number of aryl methyl sites for hydroxylation is 1. The Balaban J connectivity index is 2.25. The molecule has 0 spiro atoms. The van der Waals surface area contributed by atoms with Crippen molar-refractivity contribution >= 4 is 39.1 Å². The lowest BCUT2D eigenvalue weighted by Crippen LogP contribution is -2.13. The number of halogens is 3. The maximum atomic E-state index is 13.6. The zero-order chi connectivity index (χ0) is 14.0. The molecule has 0 bridgehead atoms. The van der Waals surface area contributed by atoms with Crippen LogP contribution in [0.3, 0.4) is 0 Å². The molecule has 5 heteroatoms. The topological polar surface area (TPSA) is 29.1 Å². The SMILES string of the molecule is Cc1ccc(C(=O)Nc2ccc(Cl)cc2F)c(Br)c1. The molecule has 0 atom stereocenters. The van der Waals surface area contributed by atoms with Crippen LogP contribution in [0.15, 0.2) is 40.9 Å². The van der Waals surface area contributed by atoms with Gasteiger partial charge in [0, 0.05) is 9.50 Å². The molecule has 2 rings (SSSR count). The minimum atomic E-state index is -0.566. The predicted octanol–water partition coefficient (Wildman–Crippen LogP) is 4.80. The van der Waals surface area contributed by atoms with Crippen molar-refractivity contribution in [1.29, 1.82) is 0 Å². The third-order valence-corrected chi connectivity index (χ3v) is 3.44. The summed E-state index contributed by atoms with van der Waals surface area (Å²) >= 11 is 8.97. The van der Waals surface area contributed by atoms with Crippen molar-refractivity contribution in [1.82, 2.24) is 0 Å². The molecule has 0 saturated carbocycles. The van der Waals surface area contributed by atoms with Gasteiger partial charge in [-0.05, 0) is 58.7 Å². The summed E-state index contributed by atoms with van der Waals surface area (Å²) in [5, 5.41) is 2.80. The highest BCUT2D eigenvalue weighted by atomic mass is 79.9. The van der Waals surface area contributed by atoms with E-state index in [4.69, 9.17) is 11.6 Å². The molecule has 19 heavy (non-hydrogen) atoms. The number of anilines is 1. The number of hydrogen-bond acceptors (Lipinski definition) is 1. The van der Waals surface area contributed by atoms with E-state index in [1.54, 1.807) is 6.07 Å². The standard InChI is InChI=1S/C14H10BrClFNO/c1-8-2-4-10(11(15)6-8)14(19)18-13-5-3-9(16)7-12(13)17/h2-7H,1H3,(H,18,19). The fourth-order valence-electron chi connectivity index (χ4n) is 1.58. The third kappa shape index (κ3) is 3.33. The van der Waals surface area contributed by atoms with E-state index in [1.807, 2.05) is 19.1 Å². The Hall–Kier alpha value is -1.39. The number of carbonyl (C=O) groups excluding carboxylic acids is 1. The van der Waals surface area contributed by atoms with Gasteiger partial charge < -0.3 is 5.32 Å². The number of hydrogen-bond donors (Lipinski definition) is 1. The summed E-state index contributed by atoms with van der Waals surface area (Å²) in [5.41, 5.74) is 1.57. The van der Waals surface area contributed by atoms with Gasteiger partial charge >= 0.3 is 0 Å². The highest BCUT2D eigenvalue weighted by Gasteiger charge is 2.12. The van der Waals surface area contributed by atoms with Gasteiger partial charge in [-0.1, -0.05) is 17.7 Å². The Kier molecular flexibility index (Phi) is 4.22. The van der Waals surface area contributed by atoms with Gasteiger partial charge in [-0.15, -0.1) is 0 Å². The van der Waals surface area contributed by atoms with E-state index in [2.05, 4.69) is 21.2 Å². The van der Waals surface area contributed by atoms with Crippen LogP contribution in [0, 0.1) is 12.7 Å². The summed E-state index contributed by atoms with van der Waals surface area (Å²) in [6, 6.07) is 9.43. The molecule has 1 N–H and O–H groups in total. The molecule has 1 amide bonds. The fourth-order valence-corrected chi connectivity index (χ4v) is 2.42. The highest BCUT2D eigenvalue weighted by Crippen LogP contribution is 2.22. The average molecular weight is 343 g/mol. The van der Waals surface area contributed by atoms with Crippen LogP contribution in [0.25, 0.3) is 0 Å². The molecule has 0 fully saturated rings. The second-order valence-electron chi connectivity index (χ2n) is 4.06. The molecule has 2 aromatic carbocycles. The third-order valence-electron chi connectivity index (χ3n) is 2.55. The van der Waals surface area contributed by atoms with Gasteiger partial charge in [0.2, 0.25) is 0 Å². The smallest absolute Gasteiger partial charge is 0.256 e. The van der Waals surface area contributed by atoms with E-state index in [0.717, 1.165) is 11.6 Å². The van der Waals surface area contributed by atoms with Crippen molar-refractivity contribution in [3.63, 3.8) is 0 Å². The molecule has 0 aliphatic carbocycles. The minimum Gasteiger partial charge on any atom is -0.319 e. The van der Waals surface area contributed by atoms with Gasteiger partial charge in [-0.3, -0.25) is 4.79 Å². The van der Waals surface area contributed by atoms with Crippen molar-refractivity contribution in [3.05, 3.63) is 62.8 Å². The number of nitrogens with one attached hydrogen (secondary N) is 1. The van der Waals surface area contributed by atoms with Crippen molar-refractivity contribution in [3.8, 4) is 0 Å². The van der Waals surface area contributed by atoms with Crippen molar-refractivity contribution < 1.29 is 9.18 Å². The first-order valence-corrected chi connectivity index (χ1v) is 6.67. The summed E-state index contributed by atoms with van der Waals surface area (Å²) in [4.78, 5) is 12.0. The van der Waals surface area contributed by atoms with Crippen LogP contribution in [0.2, 0.25) is 5.02 Å². The van der Waals surface area contributed by atoms with E-state index >= 15 is 0 Å². The summed E-state index contributed by atoms with van der Waals surface area (Å²) in [6.45, 7) is 1.92. The summed E-state index contributed by atoms with van der Waals surface area (Å²) in [7, 11) is 0. The van der Waals surface area contributed by atoms with Crippen LogP contribution in [-0.4, -0.2) is 5.91 Å². The maximum Gasteiger partial charge on any atom is 0.256 e. The van der Waals surface area contributed by atoms with E-state index < -0.39 is 5.82 Å². The van der Waals surface area contributed by atoms with Crippen LogP contribution in [0.5, 0.6) is 0 Å². The minimum absolute atomic E-state index is 0.0990. The largest absolute Gasteiger partial charge is 0.319 e. The second-order valence-corrected chi connectivity index (χ2v) is 5.35. The van der Waals surface area contributed by atoms with Gasteiger partial charge in [0.25, 0.3) is 5.91 Å². The molecule has 98 valence electrons. The molecule has 2 aromatic rings. The lowest BCUT2D eigenvalue weighted by Gasteiger charge is -2.08. The number of amides is 1. The molecule has 0 aliphatic heterocycles. The fraction of sp³-hybridized carbons (Fsp3) is 0.0714. The quantitative estimate of drug-likeness (QED) is 0.834. The van der Waals surface area contributed by atoms with Gasteiger partial charge in [-0.2, -0.15) is 0 Å². The van der Waals surface area contributed by atoms with Gasteiger partial charge in [0.05, 0.1) is 11.3 Å². The Morgan fingerprint density at radius 2 is 2.00 bits per heavy atom. The van der Waals surface area contributed by atoms with Crippen LogP contribution >= 0.6 is 27.5 Å². The molecule has 0 saturated heterocycles. The predicted molar refractivity (Wildman–Crippen MR) is 78.2 cm³/mol. The van der Waals surface area contributed by atoms with E-state index in [9.17, 15) is 9.18 Å². The average Bonchev–Trinajstić information content (AvgIpc) is 2.32. The van der Waals surface area contributed by atoms with Crippen molar-refractivity contribution in [2.24, 2.45) is 0 Å². The Morgan fingerprint density at radius 3 is 2.63 bits per heavy atom. The van der Waals surface area contributed by atoms with Gasteiger partial charge in [0.1, 0.15) is 5.82 Å². The molecule has 0 unspecified atom stereocenters. The first-order chi connectivity index (χ1) is 8.97. The molecular weight excluding hydrogens is 333 g/mol. The lowest BCUT2D eigenvalue weighted by atomic mass is 10.1. The van der Waals surface area contributed by atoms with Crippen LogP contribution < -0.4 is 5.32 Å². The molecule has 0 aliphatic rings. The Labute approximate surface area is 123 Å². The molecule has 0 radical (unpaired) electrons. The summed E-state index contributed by atoms with van der Waals surface area (Å²) in [6.07, 6.45) is 0. The Bertz CT molecular complexity index is 645. The zero-order valence-electron chi connectivity index (χ0n) is 10.0. The number of rotatable bonds is 2. The molecule has 2 nitrogen and oxygen atoms in total. The van der Waals surface area contributed by atoms with E-state index in [0.29, 0.717) is 10.0 Å². The van der Waals surface area contributed by atoms with E-state index in [-0.39, 0.29) is 16.6 Å². The van der Waals surface area contributed by atoms with Crippen LogP contribution in [-0.2, 0) is 0 Å². The maximum absolute atomic E-state index is 13.6. The Morgan fingerprint density at radius 1 is 1.26 bits per heavy atom. The van der Waals surface area contributed by atoms with Gasteiger partial charge in [0.15, 0.2) is 0 Å². The van der Waals surface area contributed by atoms with Crippen LogP contribution in [0.1, 0.15) is 15.9 Å². The second kappa shape index (κ2) is 5.72. The highest BCUT2D eigenvalue weighted by molar-refractivity contribution is 9.10.